The average molecular weight is 288 g/mol. The zero-order valence-corrected chi connectivity index (χ0v) is 12.0. The van der Waals surface area contributed by atoms with E-state index in [0.717, 1.165) is 0 Å². The molecule has 0 N–H and O–H groups in total. The van der Waals surface area contributed by atoms with Gasteiger partial charge in [0.2, 0.25) is 4.58 Å². The summed E-state index contributed by atoms with van der Waals surface area (Å²) in [6.07, 6.45) is 0.884. The molecule has 0 spiro atoms. The molecule has 0 saturated heterocycles. The maximum absolute atomic E-state index is 11.6. The summed E-state index contributed by atoms with van der Waals surface area (Å²) >= 11 is 0. The van der Waals surface area contributed by atoms with Gasteiger partial charge in [-0.25, -0.2) is 0 Å². The van der Waals surface area contributed by atoms with Gasteiger partial charge in [0.05, 0.1) is 13.2 Å². The summed E-state index contributed by atoms with van der Waals surface area (Å²) in [7, 11) is -8.27. The minimum atomic E-state index is -4.14. The van der Waals surface area contributed by atoms with E-state index in [0.29, 0.717) is 12.8 Å². The Kier molecular flexibility index (Phi) is 7.22. The van der Waals surface area contributed by atoms with Crippen LogP contribution in [0.15, 0.2) is 0 Å². The number of hydrogen-bond acceptors (Lipinski definition) is 6. The van der Waals surface area contributed by atoms with Crippen LogP contribution < -0.4 is 0 Å². The molecule has 6 nitrogen and oxygen atoms in total. The molecule has 0 bridgehead atoms. The van der Waals surface area contributed by atoms with Crippen LogP contribution in [0.2, 0.25) is 0 Å². The van der Waals surface area contributed by atoms with E-state index < -0.39 is 24.8 Å². The van der Waals surface area contributed by atoms with Gasteiger partial charge in [0.1, 0.15) is 0 Å². The molecule has 0 aromatic carbocycles. The molecule has 0 aromatic rings. The summed E-state index contributed by atoms with van der Waals surface area (Å²) < 4.78 is 54.2. The third kappa shape index (κ3) is 5.33. The van der Waals surface area contributed by atoms with Crippen LogP contribution in [0.1, 0.15) is 40.0 Å². The molecule has 0 amide bonds. The average Bonchev–Trinajstić information content (AvgIpc) is 2.24. The fraction of sp³-hybridized carbons (Fsp3) is 1.00. The first-order valence-electron chi connectivity index (χ1n) is 5.58. The number of hydrogen-bond donors (Lipinski definition) is 0. The van der Waals surface area contributed by atoms with Crippen molar-refractivity contribution in [2.24, 2.45) is 0 Å². The Morgan fingerprint density at radius 2 is 1.18 bits per heavy atom. The van der Waals surface area contributed by atoms with Gasteiger partial charge in [-0.15, -0.1) is 0 Å². The van der Waals surface area contributed by atoms with Crippen molar-refractivity contribution in [2.75, 3.05) is 13.2 Å². The molecule has 0 rings (SSSR count). The van der Waals surface area contributed by atoms with E-state index >= 15 is 0 Å². The van der Waals surface area contributed by atoms with Crippen LogP contribution in [-0.2, 0) is 28.6 Å². The molecular weight excluding hydrogens is 268 g/mol. The summed E-state index contributed by atoms with van der Waals surface area (Å²) in [6, 6.07) is 0. The molecule has 0 unspecified atom stereocenters. The van der Waals surface area contributed by atoms with Gasteiger partial charge in [0.15, 0.2) is 0 Å². The molecule has 104 valence electrons. The van der Waals surface area contributed by atoms with E-state index in [9.17, 15) is 16.8 Å². The van der Waals surface area contributed by atoms with Crippen molar-refractivity contribution < 1.29 is 25.2 Å². The highest BCUT2D eigenvalue weighted by molar-refractivity contribution is 8.04. The zero-order chi connectivity index (χ0) is 13.5. The molecule has 0 saturated carbocycles. The van der Waals surface area contributed by atoms with Crippen molar-refractivity contribution in [3.8, 4) is 0 Å². The normalized spacial score (nSPS) is 13.2. The Morgan fingerprint density at radius 3 is 1.41 bits per heavy atom. The Morgan fingerprint density at radius 1 is 0.824 bits per heavy atom. The van der Waals surface area contributed by atoms with Crippen LogP contribution >= 0.6 is 0 Å². The molecule has 0 atom stereocenters. The lowest BCUT2D eigenvalue weighted by molar-refractivity contribution is 0.300. The lowest BCUT2D eigenvalue weighted by Crippen LogP contribution is -2.33. The van der Waals surface area contributed by atoms with E-state index in [1.807, 2.05) is 0 Å². The molecule has 0 radical (unpaired) electrons. The molecule has 0 aliphatic heterocycles. The maximum Gasteiger partial charge on any atom is 0.287 e. The predicted octanol–water partition coefficient (Wildman–Crippen LogP) is 1.24. The monoisotopic (exact) mass is 288 g/mol. The van der Waals surface area contributed by atoms with E-state index in [4.69, 9.17) is 0 Å². The minimum Gasteiger partial charge on any atom is -0.269 e. The highest BCUT2D eigenvalue weighted by Crippen LogP contribution is 2.18. The van der Waals surface area contributed by atoms with Gasteiger partial charge in [-0.05, 0) is 19.3 Å². The van der Waals surface area contributed by atoms with Gasteiger partial charge in [-0.1, -0.05) is 20.8 Å². The first-order chi connectivity index (χ1) is 7.81. The Hall–Kier alpha value is -0.180. The molecule has 0 aromatic heterocycles. The Balaban J connectivity index is 4.94. The van der Waals surface area contributed by atoms with E-state index in [1.165, 1.54) is 6.92 Å². The molecule has 8 heteroatoms. The van der Waals surface area contributed by atoms with Crippen molar-refractivity contribution in [3.05, 3.63) is 0 Å². The third-order valence-corrected chi connectivity index (χ3v) is 6.24. The summed E-state index contributed by atoms with van der Waals surface area (Å²) in [5, 5.41) is 0. The fourth-order valence-electron chi connectivity index (χ4n) is 1.10. The molecule has 0 fully saturated rings. The summed E-state index contributed by atoms with van der Waals surface area (Å²) in [6.45, 7) is 4.88. The highest BCUT2D eigenvalue weighted by Gasteiger charge is 2.38. The second kappa shape index (κ2) is 7.30. The van der Waals surface area contributed by atoms with Gasteiger partial charge in [0, 0.05) is 0 Å². The van der Waals surface area contributed by atoms with E-state index in [1.54, 1.807) is 13.8 Å². The Bertz CT molecular complexity index is 359. The lowest BCUT2D eigenvalue weighted by Gasteiger charge is -2.15. The summed E-state index contributed by atoms with van der Waals surface area (Å²) in [5.74, 6) is 0. The number of rotatable bonds is 9. The zero-order valence-electron chi connectivity index (χ0n) is 10.4. The van der Waals surface area contributed by atoms with Crippen LogP contribution in [0.4, 0.5) is 0 Å². The van der Waals surface area contributed by atoms with Gasteiger partial charge >= 0.3 is 0 Å². The minimum absolute atomic E-state index is 0.0257. The largest absolute Gasteiger partial charge is 0.287 e. The lowest BCUT2D eigenvalue weighted by atomic mass is 10.5. The molecule has 0 aliphatic carbocycles. The van der Waals surface area contributed by atoms with E-state index in [2.05, 4.69) is 8.37 Å². The van der Waals surface area contributed by atoms with Crippen LogP contribution in [0.25, 0.3) is 0 Å². The van der Waals surface area contributed by atoms with Crippen molar-refractivity contribution in [1.82, 2.24) is 0 Å². The maximum atomic E-state index is 11.6. The molecule has 17 heavy (non-hydrogen) atoms. The van der Waals surface area contributed by atoms with Crippen molar-refractivity contribution in [3.63, 3.8) is 0 Å². The van der Waals surface area contributed by atoms with Crippen molar-refractivity contribution in [2.45, 2.75) is 44.6 Å². The van der Waals surface area contributed by atoms with Crippen LogP contribution in [0.5, 0.6) is 0 Å². The fourth-order valence-corrected chi connectivity index (χ4v) is 4.51. The first-order valence-corrected chi connectivity index (χ1v) is 8.52. The van der Waals surface area contributed by atoms with Crippen LogP contribution in [-0.4, -0.2) is 34.6 Å². The Labute approximate surface area is 104 Å². The molecular formula is C9H20O6S2. The molecule has 0 aliphatic rings. The second-order valence-electron chi connectivity index (χ2n) is 3.47. The smallest absolute Gasteiger partial charge is 0.269 e. The van der Waals surface area contributed by atoms with Gasteiger partial charge in [-0.2, -0.15) is 16.8 Å². The van der Waals surface area contributed by atoms with Crippen LogP contribution in [0.3, 0.4) is 0 Å². The molecule has 0 heterocycles. The topological polar surface area (TPSA) is 86.7 Å². The third-order valence-electron chi connectivity index (χ3n) is 1.88. The van der Waals surface area contributed by atoms with Gasteiger partial charge in [0.25, 0.3) is 20.2 Å². The summed E-state index contributed by atoms with van der Waals surface area (Å²) in [5.41, 5.74) is 0. The first kappa shape index (κ1) is 16.8. The van der Waals surface area contributed by atoms with Crippen molar-refractivity contribution >= 4 is 20.2 Å². The van der Waals surface area contributed by atoms with E-state index in [-0.39, 0.29) is 19.6 Å². The van der Waals surface area contributed by atoms with Crippen LogP contribution in [0, 0.1) is 0 Å². The standard InChI is InChI=1S/C9H20O6S2/c1-4-7-14-16(10,11)9(6-3)17(12,13)15-8-5-2/h9H,4-8H2,1-3H3. The second-order valence-corrected chi connectivity index (χ2v) is 7.35. The summed E-state index contributed by atoms with van der Waals surface area (Å²) in [4.78, 5) is 0. The van der Waals surface area contributed by atoms with Crippen molar-refractivity contribution in [1.29, 1.82) is 0 Å². The SMILES string of the molecule is CCCOS(=O)(=O)C(CC)S(=O)(=O)OCCC. The van der Waals surface area contributed by atoms with Gasteiger partial charge in [-0.3, -0.25) is 8.37 Å². The highest BCUT2D eigenvalue weighted by atomic mass is 32.3. The quantitative estimate of drug-likeness (QED) is 0.593. The predicted molar refractivity (Wildman–Crippen MR) is 64.4 cm³/mol. The van der Waals surface area contributed by atoms with Gasteiger partial charge < -0.3 is 0 Å².